The average molecular weight is 355 g/mol. The molecule has 1 aliphatic rings. The minimum absolute atomic E-state index is 0.139. The topological polar surface area (TPSA) is 33.2 Å². The lowest BCUT2D eigenvalue weighted by Gasteiger charge is -2.20. The number of carbonyl (C=O) groups is 1. The highest BCUT2D eigenvalue weighted by molar-refractivity contribution is 7.99. The Hall–Kier alpha value is -1.85. The number of nitrogens with zero attached hydrogens (tertiary/aromatic N) is 2. The third-order valence-corrected chi connectivity index (χ3v) is 6.50. The van der Waals surface area contributed by atoms with E-state index in [0.717, 1.165) is 41.0 Å². The molecule has 2 heterocycles. The number of thioether (sulfide) groups is 1. The minimum Gasteiger partial charge on any atom is -0.338 e. The van der Waals surface area contributed by atoms with E-state index in [9.17, 15) is 4.79 Å². The van der Waals surface area contributed by atoms with E-state index in [4.69, 9.17) is 0 Å². The highest BCUT2D eigenvalue weighted by Crippen LogP contribution is 2.34. The van der Waals surface area contributed by atoms with Crippen LogP contribution in [0.5, 0.6) is 0 Å². The lowest BCUT2D eigenvalue weighted by molar-refractivity contribution is 0.0767. The first-order valence-electron chi connectivity index (χ1n) is 8.10. The van der Waals surface area contributed by atoms with Gasteiger partial charge in [-0.15, -0.1) is 11.3 Å². The molecule has 4 rings (SSSR count). The van der Waals surface area contributed by atoms with Gasteiger partial charge in [0.15, 0.2) is 0 Å². The summed E-state index contributed by atoms with van der Waals surface area (Å²) in [6.07, 6.45) is 1.00. The molecule has 24 heavy (non-hydrogen) atoms. The van der Waals surface area contributed by atoms with Gasteiger partial charge < -0.3 is 4.90 Å². The van der Waals surface area contributed by atoms with Crippen molar-refractivity contribution in [2.24, 2.45) is 0 Å². The van der Waals surface area contributed by atoms with Crippen molar-refractivity contribution < 1.29 is 4.79 Å². The summed E-state index contributed by atoms with van der Waals surface area (Å²) in [6, 6.07) is 16.4. The Labute approximate surface area is 149 Å². The molecule has 1 aliphatic heterocycles. The van der Waals surface area contributed by atoms with Gasteiger partial charge >= 0.3 is 0 Å². The summed E-state index contributed by atoms with van der Waals surface area (Å²) in [5.41, 5.74) is 4.93. The molecule has 3 aromatic rings. The summed E-state index contributed by atoms with van der Waals surface area (Å²) in [4.78, 5) is 19.1. The number of thiazole rings is 1. The fraction of sp³-hybridized carbons (Fsp3) is 0.263. The minimum atomic E-state index is 0.139. The van der Waals surface area contributed by atoms with E-state index in [0.29, 0.717) is 5.25 Å². The number of hydrogen-bond donors (Lipinski definition) is 0. The standard InChI is InChI=1S/C19H18N2OS2/c22-19(15-6-7-16-18(12-15)24-13-20-16)21-9-8-17(23-11-10-21)14-4-2-1-3-5-14/h1-7,12-13,17H,8-11H2. The second-order valence-electron chi connectivity index (χ2n) is 5.89. The van der Waals surface area contributed by atoms with E-state index in [-0.39, 0.29) is 5.91 Å². The zero-order valence-electron chi connectivity index (χ0n) is 13.2. The molecule has 2 aromatic carbocycles. The molecule has 1 atom stereocenters. The van der Waals surface area contributed by atoms with Gasteiger partial charge in [0.1, 0.15) is 0 Å². The van der Waals surface area contributed by atoms with Gasteiger partial charge in [0.05, 0.1) is 15.7 Å². The fourth-order valence-electron chi connectivity index (χ4n) is 3.08. The molecule has 0 aliphatic carbocycles. The van der Waals surface area contributed by atoms with Crippen LogP contribution in [0.25, 0.3) is 10.2 Å². The Morgan fingerprint density at radius 1 is 1.12 bits per heavy atom. The number of carbonyl (C=O) groups excluding carboxylic acids is 1. The van der Waals surface area contributed by atoms with E-state index in [2.05, 4.69) is 35.3 Å². The molecule has 1 fully saturated rings. The van der Waals surface area contributed by atoms with Crippen molar-refractivity contribution in [3.05, 3.63) is 65.2 Å². The largest absolute Gasteiger partial charge is 0.338 e. The highest BCUT2D eigenvalue weighted by atomic mass is 32.2. The van der Waals surface area contributed by atoms with Crippen LogP contribution in [-0.4, -0.2) is 34.6 Å². The van der Waals surface area contributed by atoms with Gasteiger partial charge in [-0.2, -0.15) is 11.8 Å². The first-order chi connectivity index (χ1) is 11.8. The Balaban J connectivity index is 1.49. The lowest BCUT2D eigenvalue weighted by Crippen LogP contribution is -2.32. The van der Waals surface area contributed by atoms with E-state index >= 15 is 0 Å². The second kappa shape index (κ2) is 6.95. The molecule has 0 N–H and O–H groups in total. The average Bonchev–Trinajstić information content (AvgIpc) is 2.96. The molecular formula is C19H18N2OS2. The van der Waals surface area contributed by atoms with Gasteiger partial charge in [-0.1, -0.05) is 30.3 Å². The van der Waals surface area contributed by atoms with Gasteiger partial charge in [0.2, 0.25) is 0 Å². The summed E-state index contributed by atoms with van der Waals surface area (Å²) in [7, 11) is 0. The van der Waals surface area contributed by atoms with Crippen molar-refractivity contribution in [1.29, 1.82) is 0 Å². The van der Waals surface area contributed by atoms with Crippen molar-refractivity contribution in [3.63, 3.8) is 0 Å². The predicted octanol–water partition coefficient (Wildman–Crippen LogP) is 4.62. The van der Waals surface area contributed by atoms with Crippen LogP contribution in [0.1, 0.15) is 27.6 Å². The van der Waals surface area contributed by atoms with Crippen LogP contribution in [0, 0.1) is 0 Å². The maximum Gasteiger partial charge on any atom is 0.253 e. The van der Waals surface area contributed by atoms with Gasteiger partial charge in [0.25, 0.3) is 5.91 Å². The van der Waals surface area contributed by atoms with Gasteiger partial charge in [0, 0.05) is 29.7 Å². The molecule has 5 heteroatoms. The van der Waals surface area contributed by atoms with Crippen LogP contribution in [0.4, 0.5) is 0 Å². The number of hydrogen-bond acceptors (Lipinski definition) is 4. The number of fused-ring (bicyclic) bond motifs is 1. The summed E-state index contributed by atoms with van der Waals surface area (Å²) < 4.78 is 1.08. The molecular weight excluding hydrogens is 336 g/mol. The molecule has 0 saturated carbocycles. The molecule has 3 nitrogen and oxygen atoms in total. The maximum atomic E-state index is 12.9. The summed E-state index contributed by atoms with van der Waals surface area (Å²) in [6.45, 7) is 1.62. The van der Waals surface area contributed by atoms with Crippen molar-refractivity contribution in [2.75, 3.05) is 18.8 Å². The number of aromatic nitrogens is 1. The predicted molar refractivity (Wildman–Crippen MR) is 102 cm³/mol. The molecule has 1 amide bonds. The Bertz CT molecular complexity index is 847. The van der Waals surface area contributed by atoms with Crippen LogP contribution in [-0.2, 0) is 0 Å². The van der Waals surface area contributed by atoms with Crippen LogP contribution >= 0.6 is 23.1 Å². The molecule has 0 bridgehead atoms. The zero-order valence-corrected chi connectivity index (χ0v) is 14.9. The van der Waals surface area contributed by atoms with Gasteiger partial charge in [-0.25, -0.2) is 4.98 Å². The molecule has 0 spiro atoms. The van der Waals surface area contributed by atoms with Gasteiger partial charge in [-0.05, 0) is 30.2 Å². The normalized spacial score (nSPS) is 18.5. The Morgan fingerprint density at radius 3 is 2.88 bits per heavy atom. The summed E-state index contributed by atoms with van der Waals surface area (Å²) >= 11 is 3.54. The van der Waals surface area contributed by atoms with E-state index in [1.54, 1.807) is 11.3 Å². The van der Waals surface area contributed by atoms with E-state index in [1.165, 1.54) is 5.56 Å². The monoisotopic (exact) mass is 354 g/mol. The number of amides is 1. The van der Waals surface area contributed by atoms with Crippen molar-refractivity contribution in [1.82, 2.24) is 9.88 Å². The maximum absolute atomic E-state index is 12.9. The third-order valence-electron chi connectivity index (χ3n) is 4.38. The first kappa shape index (κ1) is 15.7. The first-order valence-corrected chi connectivity index (χ1v) is 10.0. The van der Waals surface area contributed by atoms with E-state index < -0.39 is 0 Å². The Kier molecular flexibility index (Phi) is 4.54. The van der Waals surface area contributed by atoms with Crippen molar-refractivity contribution in [3.8, 4) is 0 Å². The Morgan fingerprint density at radius 2 is 2.00 bits per heavy atom. The number of rotatable bonds is 2. The quantitative estimate of drug-likeness (QED) is 0.673. The molecule has 1 saturated heterocycles. The smallest absolute Gasteiger partial charge is 0.253 e. The van der Waals surface area contributed by atoms with Crippen LogP contribution in [0.2, 0.25) is 0 Å². The fourth-order valence-corrected chi connectivity index (χ4v) is 5.03. The lowest BCUT2D eigenvalue weighted by atomic mass is 10.1. The van der Waals surface area contributed by atoms with Gasteiger partial charge in [-0.3, -0.25) is 4.79 Å². The second-order valence-corrected chi connectivity index (χ2v) is 8.08. The number of benzene rings is 2. The zero-order chi connectivity index (χ0) is 16.4. The molecule has 122 valence electrons. The summed E-state index contributed by atoms with van der Waals surface area (Å²) in [5.74, 6) is 1.12. The molecule has 0 radical (unpaired) electrons. The van der Waals surface area contributed by atoms with Crippen LogP contribution < -0.4 is 0 Å². The van der Waals surface area contributed by atoms with Crippen molar-refractivity contribution >= 4 is 39.2 Å². The molecule has 1 unspecified atom stereocenters. The molecule has 1 aromatic heterocycles. The van der Waals surface area contributed by atoms with Crippen LogP contribution in [0.3, 0.4) is 0 Å². The van der Waals surface area contributed by atoms with E-state index in [1.807, 2.05) is 40.4 Å². The third kappa shape index (κ3) is 3.19. The highest BCUT2D eigenvalue weighted by Gasteiger charge is 2.23. The van der Waals surface area contributed by atoms with Crippen molar-refractivity contribution in [2.45, 2.75) is 11.7 Å². The SMILES string of the molecule is O=C(c1ccc2ncsc2c1)N1CCSC(c2ccccc2)CC1. The van der Waals surface area contributed by atoms with Crippen LogP contribution in [0.15, 0.2) is 54.0 Å². The summed E-state index contributed by atoms with van der Waals surface area (Å²) in [5, 5.41) is 0.480.